The van der Waals surface area contributed by atoms with Crippen molar-refractivity contribution in [3.05, 3.63) is 53.6 Å². The Balaban J connectivity index is 1.82. The molecule has 5 heteroatoms. The average Bonchev–Trinajstić information content (AvgIpc) is 2.75. The highest BCUT2D eigenvalue weighted by Gasteiger charge is 2.43. The SMILES string of the molecule is COc1ccccc1C1(CCN(CC2=CC(C)C(N(C)C)C=C2)C(C)=O)CCOC(C)(C)C1. The Labute approximate surface area is 200 Å². The molecule has 3 rings (SSSR count). The molecule has 1 fully saturated rings. The van der Waals surface area contributed by atoms with Gasteiger partial charge in [0.05, 0.1) is 12.7 Å². The lowest BCUT2D eigenvalue weighted by Crippen LogP contribution is -2.46. The third kappa shape index (κ3) is 6.07. The molecule has 1 saturated heterocycles. The van der Waals surface area contributed by atoms with Gasteiger partial charge in [-0.3, -0.25) is 4.79 Å². The fourth-order valence-corrected chi connectivity index (χ4v) is 5.69. The van der Waals surface area contributed by atoms with Crippen LogP contribution in [0.15, 0.2) is 48.1 Å². The Hall–Kier alpha value is -2.11. The number of ether oxygens (including phenoxy) is 2. The molecule has 1 aliphatic carbocycles. The Morgan fingerprint density at radius 1 is 1.24 bits per heavy atom. The molecule has 2 aliphatic rings. The number of hydrogen-bond donors (Lipinski definition) is 0. The van der Waals surface area contributed by atoms with E-state index in [2.05, 4.69) is 70.1 Å². The molecule has 1 heterocycles. The summed E-state index contributed by atoms with van der Waals surface area (Å²) in [7, 11) is 5.96. The van der Waals surface area contributed by atoms with Crippen molar-refractivity contribution in [2.75, 3.05) is 40.9 Å². The predicted octanol–water partition coefficient (Wildman–Crippen LogP) is 4.82. The molecule has 3 unspecified atom stereocenters. The number of para-hydroxylation sites is 1. The molecule has 1 amide bonds. The van der Waals surface area contributed by atoms with Crippen LogP contribution in [-0.2, 0) is 14.9 Å². The van der Waals surface area contributed by atoms with Crippen molar-refractivity contribution in [1.29, 1.82) is 0 Å². The number of methoxy groups -OCH3 is 1. The first kappa shape index (κ1) is 25.5. The number of amides is 1. The molecule has 182 valence electrons. The average molecular weight is 455 g/mol. The summed E-state index contributed by atoms with van der Waals surface area (Å²) in [5, 5.41) is 0. The van der Waals surface area contributed by atoms with Crippen molar-refractivity contribution in [1.82, 2.24) is 9.80 Å². The summed E-state index contributed by atoms with van der Waals surface area (Å²) in [6, 6.07) is 8.74. The Morgan fingerprint density at radius 3 is 2.58 bits per heavy atom. The van der Waals surface area contributed by atoms with Gasteiger partial charge in [0.25, 0.3) is 0 Å². The zero-order chi connectivity index (χ0) is 24.2. The second-order valence-electron chi connectivity index (χ2n) is 10.6. The number of benzene rings is 1. The molecule has 1 aromatic rings. The summed E-state index contributed by atoms with van der Waals surface area (Å²) in [6.07, 6.45) is 9.47. The van der Waals surface area contributed by atoms with Gasteiger partial charge in [-0.2, -0.15) is 0 Å². The first-order chi connectivity index (χ1) is 15.6. The molecule has 1 aliphatic heterocycles. The molecule has 0 N–H and O–H groups in total. The van der Waals surface area contributed by atoms with Crippen molar-refractivity contribution in [2.45, 2.75) is 64.0 Å². The molecular formula is C28H42N2O3. The molecule has 33 heavy (non-hydrogen) atoms. The van der Waals surface area contributed by atoms with Gasteiger partial charge in [0, 0.05) is 43.6 Å². The first-order valence-electron chi connectivity index (χ1n) is 12.2. The summed E-state index contributed by atoms with van der Waals surface area (Å²) in [5.41, 5.74) is 2.13. The van der Waals surface area contributed by atoms with Gasteiger partial charge in [0.15, 0.2) is 0 Å². The first-order valence-corrected chi connectivity index (χ1v) is 12.2. The minimum atomic E-state index is -0.217. The van der Waals surface area contributed by atoms with E-state index in [1.165, 1.54) is 11.1 Å². The maximum Gasteiger partial charge on any atom is 0.219 e. The standard InChI is InChI=1S/C28H42N2O3/c1-21-18-23(12-13-25(21)29(5)6)19-30(22(2)31)16-14-28(15-17-33-27(3,4)20-28)24-10-8-9-11-26(24)32-7/h8-13,18,21,25H,14-17,19-20H2,1-7H3. The molecular weight excluding hydrogens is 412 g/mol. The third-order valence-electron chi connectivity index (χ3n) is 7.31. The van der Waals surface area contributed by atoms with Crippen LogP contribution >= 0.6 is 0 Å². The van der Waals surface area contributed by atoms with Crippen LogP contribution in [0.1, 0.15) is 52.5 Å². The summed E-state index contributed by atoms with van der Waals surface area (Å²) in [5.74, 6) is 1.46. The van der Waals surface area contributed by atoms with E-state index >= 15 is 0 Å². The number of carbonyl (C=O) groups is 1. The fourth-order valence-electron chi connectivity index (χ4n) is 5.69. The third-order valence-corrected chi connectivity index (χ3v) is 7.31. The lowest BCUT2D eigenvalue weighted by Gasteiger charge is -2.46. The normalized spacial score (nSPS) is 26.7. The number of carbonyl (C=O) groups excluding carboxylic acids is 1. The van der Waals surface area contributed by atoms with Crippen LogP contribution in [0.25, 0.3) is 0 Å². The number of hydrogen-bond acceptors (Lipinski definition) is 4. The van der Waals surface area contributed by atoms with Crippen LogP contribution in [0.2, 0.25) is 0 Å². The summed E-state index contributed by atoms with van der Waals surface area (Å²) >= 11 is 0. The molecule has 1 aromatic carbocycles. The van der Waals surface area contributed by atoms with E-state index in [1.54, 1.807) is 14.0 Å². The minimum absolute atomic E-state index is 0.0951. The van der Waals surface area contributed by atoms with Crippen LogP contribution in [0.4, 0.5) is 0 Å². The fraction of sp³-hybridized carbons (Fsp3) is 0.607. The zero-order valence-electron chi connectivity index (χ0n) is 21.6. The second-order valence-corrected chi connectivity index (χ2v) is 10.6. The van der Waals surface area contributed by atoms with Crippen molar-refractivity contribution < 1.29 is 14.3 Å². The monoisotopic (exact) mass is 454 g/mol. The molecule has 0 aromatic heterocycles. The van der Waals surface area contributed by atoms with E-state index in [-0.39, 0.29) is 16.9 Å². The van der Waals surface area contributed by atoms with Crippen LogP contribution < -0.4 is 4.74 Å². The lowest BCUT2D eigenvalue weighted by molar-refractivity contribution is -0.129. The van der Waals surface area contributed by atoms with E-state index < -0.39 is 0 Å². The van der Waals surface area contributed by atoms with Crippen LogP contribution in [0, 0.1) is 5.92 Å². The highest BCUT2D eigenvalue weighted by molar-refractivity contribution is 5.73. The van der Waals surface area contributed by atoms with E-state index in [9.17, 15) is 4.79 Å². The lowest BCUT2D eigenvalue weighted by atomic mass is 9.67. The quantitative estimate of drug-likeness (QED) is 0.565. The number of nitrogens with zero attached hydrogens (tertiary/aromatic N) is 2. The van der Waals surface area contributed by atoms with E-state index in [0.717, 1.165) is 25.0 Å². The minimum Gasteiger partial charge on any atom is -0.496 e. The maximum atomic E-state index is 12.7. The van der Waals surface area contributed by atoms with Crippen LogP contribution in [-0.4, -0.2) is 68.3 Å². The van der Waals surface area contributed by atoms with Gasteiger partial charge < -0.3 is 19.3 Å². The van der Waals surface area contributed by atoms with E-state index in [1.807, 2.05) is 17.0 Å². The Morgan fingerprint density at radius 2 is 1.97 bits per heavy atom. The van der Waals surface area contributed by atoms with Gasteiger partial charge in [-0.1, -0.05) is 43.4 Å². The van der Waals surface area contributed by atoms with Crippen molar-refractivity contribution in [2.24, 2.45) is 5.92 Å². The van der Waals surface area contributed by atoms with Gasteiger partial charge in [0.1, 0.15) is 5.75 Å². The molecule has 0 spiro atoms. The summed E-state index contributed by atoms with van der Waals surface area (Å²) < 4.78 is 11.9. The molecule has 0 saturated carbocycles. The highest BCUT2D eigenvalue weighted by atomic mass is 16.5. The largest absolute Gasteiger partial charge is 0.496 e. The van der Waals surface area contributed by atoms with Crippen LogP contribution in [0.5, 0.6) is 5.75 Å². The van der Waals surface area contributed by atoms with Gasteiger partial charge >= 0.3 is 0 Å². The molecule has 0 bridgehead atoms. The molecule has 3 atom stereocenters. The topological polar surface area (TPSA) is 42.0 Å². The summed E-state index contributed by atoms with van der Waals surface area (Å²) in [6.45, 7) is 10.3. The second kappa shape index (κ2) is 10.4. The van der Waals surface area contributed by atoms with Gasteiger partial charge in [-0.05, 0) is 64.8 Å². The van der Waals surface area contributed by atoms with Crippen molar-refractivity contribution in [3.8, 4) is 5.75 Å². The van der Waals surface area contributed by atoms with Gasteiger partial charge in [0.2, 0.25) is 5.91 Å². The maximum absolute atomic E-state index is 12.7. The van der Waals surface area contributed by atoms with E-state index in [4.69, 9.17) is 9.47 Å². The molecule has 0 radical (unpaired) electrons. The molecule has 5 nitrogen and oxygen atoms in total. The smallest absolute Gasteiger partial charge is 0.219 e. The number of rotatable bonds is 8. The van der Waals surface area contributed by atoms with Crippen molar-refractivity contribution in [3.63, 3.8) is 0 Å². The highest BCUT2D eigenvalue weighted by Crippen LogP contribution is 2.47. The summed E-state index contributed by atoms with van der Waals surface area (Å²) in [4.78, 5) is 16.9. The van der Waals surface area contributed by atoms with Crippen LogP contribution in [0.3, 0.4) is 0 Å². The van der Waals surface area contributed by atoms with Gasteiger partial charge in [-0.15, -0.1) is 0 Å². The Bertz CT molecular complexity index is 889. The van der Waals surface area contributed by atoms with Crippen molar-refractivity contribution >= 4 is 5.91 Å². The Kier molecular flexibility index (Phi) is 8.07. The van der Waals surface area contributed by atoms with Gasteiger partial charge in [-0.25, -0.2) is 0 Å². The van der Waals surface area contributed by atoms with E-state index in [0.29, 0.717) is 31.7 Å². The zero-order valence-corrected chi connectivity index (χ0v) is 21.6. The predicted molar refractivity (Wildman–Crippen MR) is 135 cm³/mol. The number of likely N-dealkylation sites (N-methyl/N-ethyl adjacent to an activating group) is 1.